The van der Waals surface area contributed by atoms with E-state index in [4.69, 9.17) is 22.1 Å². The van der Waals surface area contributed by atoms with Crippen LogP contribution in [0.25, 0.3) is 6.08 Å². The summed E-state index contributed by atoms with van der Waals surface area (Å²) in [6.07, 6.45) is 1.48. The van der Waals surface area contributed by atoms with Gasteiger partial charge in [0.15, 0.2) is 4.32 Å². The van der Waals surface area contributed by atoms with Gasteiger partial charge in [0.05, 0.1) is 22.8 Å². The second-order valence-corrected chi connectivity index (χ2v) is 9.82. The number of hydrogen-bond acceptors (Lipinski definition) is 7. The number of rotatable bonds is 8. The lowest BCUT2D eigenvalue weighted by Crippen LogP contribution is -2.44. The summed E-state index contributed by atoms with van der Waals surface area (Å²) in [5, 5.41) is 9.47. The molecule has 1 saturated heterocycles. The van der Waals surface area contributed by atoms with Gasteiger partial charge in [-0.2, -0.15) is 0 Å². The molecule has 8 nitrogen and oxygen atoms in total. The Bertz CT molecular complexity index is 1140. The number of nitrogens with zero attached hydrogens (tertiary/aromatic N) is 1. The SMILES string of the molecule is Cc1ccc(S(=O)(=O)NN2C(=O)/C(=C\c3ccc(OCCC(=O)O)cc3)SC2=S)cc1. The van der Waals surface area contributed by atoms with Crippen molar-refractivity contribution in [2.24, 2.45) is 0 Å². The molecular weight excluding hydrogens is 460 g/mol. The molecule has 31 heavy (non-hydrogen) atoms. The highest BCUT2D eigenvalue weighted by molar-refractivity contribution is 8.26. The second-order valence-electron chi connectivity index (χ2n) is 6.49. The molecule has 1 amide bonds. The first-order valence-corrected chi connectivity index (χ1v) is 11.7. The van der Waals surface area contributed by atoms with E-state index in [0.29, 0.717) is 11.3 Å². The number of amides is 1. The summed E-state index contributed by atoms with van der Waals surface area (Å²) < 4.78 is 30.5. The Balaban J connectivity index is 1.70. The van der Waals surface area contributed by atoms with E-state index < -0.39 is 21.9 Å². The number of carbonyl (C=O) groups excluding carboxylic acids is 1. The van der Waals surface area contributed by atoms with Crippen LogP contribution in [0.2, 0.25) is 0 Å². The molecule has 162 valence electrons. The van der Waals surface area contributed by atoms with E-state index in [2.05, 4.69) is 4.83 Å². The molecule has 3 rings (SSSR count). The van der Waals surface area contributed by atoms with Gasteiger partial charge in [-0.05, 0) is 42.8 Å². The zero-order valence-electron chi connectivity index (χ0n) is 16.3. The maximum Gasteiger partial charge on any atom is 0.306 e. The van der Waals surface area contributed by atoms with E-state index in [1.807, 2.05) is 6.92 Å². The average molecular weight is 479 g/mol. The standard InChI is InChI=1S/C20H18N2O6S3/c1-13-2-8-16(9-3-13)31(26,27)21-22-19(25)17(30-20(22)29)12-14-4-6-15(7-5-14)28-11-10-18(23)24/h2-9,12,21H,10-11H2,1H3,(H,23,24)/b17-12+. The molecular formula is C20H18N2O6S3. The predicted octanol–water partition coefficient (Wildman–Crippen LogP) is 2.94. The maximum atomic E-state index is 12.7. The molecule has 1 heterocycles. The van der Waals surface area contributed by atoms with Gasteiger partial charge in [-0.3, -0.25) is 9.59 Å². The number of nitrogens with one attached hydrogen (secondary N) is 1. The third-order valence-electron chi connectivity index (χ3n) is 4.10. The highest BCUT2D eigenvalue weighted by Gasteiger charge is 2.35. The van der Waals surface area contributed by atoms with Crippen LogP contribution < -0.4 is 9.57 Å². The smallest absolute Gasteiger partial charge is 0.306 e. The topological polar surface area (TPSA) is 113 Å². The van der Waals surface area contributed by atoms with Crippen molar-refractivity contribution < 1.29 is 27.9 Å². The Kier molecular flexibility index (Phi) is 7.11. The van der Waals surface area contributed by atoms with E-state index >= 15 is 0 Å². The van der Waals surface area contributed by atoms with Gasteiger partial charge in [-0.25, -0.2) is 13.4 Å². The van der Waals surface area contributed by atoms with Gasteiger partial charge in [-0.15, -0.1) is 4.83 Å². The van der Waals surface area contributed by atoms with Crippen LogP contribution in [-0.2, 0) is 19.6 Å². The number of thiocarbonyl (C=S) groups is 1. The third-order valence-corrected chi connectivity index (χ3v) is 6.72. The molecule has 11 heteroatoms. The molecule has 0 aromatic heterocycles. The number of thioether (sulfide) groups is 1. The van der Waals surface area contributed by atoms with Crippen LogP contribution in [0.1, 0.15) is 17.5 Å². The van der Waals surface area contributed by atoms with Gasteiger partial charge in [0.25, 0.3) is 15.9 Å². The Hall–Kier alpha value is -2.73. The molecule has 0 radical (unpaired) electrons. The number of carbonyl (C=O) groups is 2. The number of carboxylic acids is 1. The Morgan fingerprint density at radius 2 is 1.84 bits per heavy atom. The molecule has 2 N–H and O–H groups in total. The van der Waals surface area contributed by atoms with Crippen LogP contribution in [0, 0.1) is 6.92 Å². The van der Waals surface area contributed by atoms with Crippen molar-refractivity contribution in [3.8, 4) is 5.75 Å². The molecule has 0 spiro atoms. The molecule has 1 fully saturated rings. The molecule has 0 atom stereocenters. The van der Waals surface area contributed by atoms with E-state index in [9.17, 15) is 18.0 Å². The molecule has 1 aliphatic rings. The largest absolute Gasteiger partial charge is 0.493 e. The summed E-state index contributed by atoms with van der Waals surface area (Å²) in [5.74, 6) is -1.03. The van der Waals surface area contributed by atoms with Crippen molar-refractivity contribution in [3.63, 3.8) is 0 Å². The minimum absolute atomic E-state index is 0.0228. The van der Waals surface area contributed by atoms with E-state index in [1.165, 1.54) is 12.1 Å². The first-order valence-electron chi connectivity index (χ1n) is 8.97. The number of hydrogen-bond donors (Lipinski definition) is 2. The van der Waals surface area contributed by atoms with E-state index in [0.717, 1.165) is 22.3 Å². The van der Waals surface area contributed by atoms with Crippen LogP contribution in [0.5, 0.6) is 5.75 Å². The summed E-state index contributed by atoms with van der Waals surface area (Å²) in [6.45, 7) is 1.89. The first kappa shape index (κ1) is 22.9. The Morgan fingerprint density at radius 3 is 2.45 bits per heavy atom. The number of benzene rings is 2. The summed E-state index contributed by atoms with van der Waals surface area (Å²) in [4.78, 5) is 25.7. The normalized spacial score (nSPS) is 15.5. The second kappa shape index (κ2) is 9.60. The molecule has 0 saturated carbocycles. The quantitative estimate of drug-likeness (QED) is 0.440. The van der Waals surface area contributed by atoms with Crippen LogP contribution in [0.4, 0.5) is 0 Å². The lowest BCUT2D eigenvalue weighted by molar-refractivity contribution is -0.137. The van der Waals surface area contributed by atoms with Gasteiger partial charge in [0, 0.05) is 0 Å². The third kappa shape index (κ3) is 5.91. The summed E-state index contributed by atoms with van der Waals surface area (Å²) in [5.41, 5.74) is 1.58. The van der Waals surface area contributed by atoms with Crippen molar-refractivity contribution >= 4 is 56.3 Å². The van der Waals surface area contributed by atoms with Gasteiger partial charge in [-0.1, -0.05) is 53.8 Å². The first-order chi connectivity index (χ1) is 14.7. The van der Waals surface area contributed by atoms with Crippen molar-refractivity contribution in [3.05, 3.63) is 64.6 Å². The van der Waals surface area contributed by atoms with Crippen molar-refractivity contribution in [2.45, 2.75) is 18.2 Å². The molecule has 2 aromatic carbocycles. The molecule has 1 aliphatic heterocycles. The van der Waals surface area contributed by atoms with E-state index in [-0.39, 0.29) is 27.1 Å². The van der Waals surface area contributed by atoms with Crippen LogP contribution in [-0.4, -0.2) is 41.3 Å². The van der Waals surface area contributed by atoms with Crippen LogP contribution in [0.3, 0.4) is 0 Å². The molecule has 0 bridgehead atoms. The zero-order chi connectivity index (χ0) is 22.6. The van der Waals surface area contributed by atoms with Gasteiger partial charge in [0.1, 0.15) is 5.75 Å². The van der Waals surface area contributed by atoms with Crippen molar-refractivity contribution in [2.75, 3.05) is 6.61 Å². The fourth-order valence-corrected chi connectivity index (χ4v) is 4.81. The highest BCUT2D eigenvalue weighted by atomic mass is 32.2. The lowest BCUT2D eigenvalue weighted by Gasteiger charge is -2.16. The maximum absolute atomic E-state index is 12.7. The summed E-state index contributed by atoms with van der Waals surface area (Å²) in [6, 6.07) is 12.9. The number of aryl methyl sites for hydroxylation is 1. The summed E-state index contributed by atoms with van der Waals surface area (Å²) >= 11 is 6.15. The number of aliphatic carboxylic acids is 1. The van der Waals surface area contributed by atoms with Gasteiger partial charge < -0.3 is 9.84 Å². The molecule has 0 unspecified atom stereocenters. The van der Waals surface area contributed by atoms with Crippen molar-refractivity contribution in [1.29, 1.82) is 0 Å². The Labute approximate surface area is 188 Å². The fraction of sp³-hybridized carbons (Fsp3) is 0.150. The highest BCUT2D eigenvalue weighted by Crippen LogP contribution is 2.32. The number of sulfonamides is 1. The number of hydrazine groups is 1. The average Bonchev–Trinajstić information content (AvgIpc) is 2.96. The monoisotopic (exact) mass is 478 g/mol. The predicted molar refractivity (Wildman–Crippen MR) is 121 cm³/mol. The van der Waals surface area contributed by atoms with Gasteiger partial charge >= 0.3 is 5.97 Å². The minimum atomic E-state index is -3.97. The van der Waals surface area contributed by atoms with Gasteiger partial charge in [0.2, 0.25) is 0 Å². The fourth-order valence-electron chi connectivity index (χ4n) is 2.50. The Morgan fingerprint density at radius 1 is 1.19 bits per heavy atom. The number of carboxylic acid groups (broad SMARTS) is 1. The van der Waals surface area contributed by atoms with Crippen molar-refractivity contribution in [1.82, 2.24) is 9.84 Å². The zero-order valence-corrected chi connectivity index (χ0v) is 18.7. The lowest BCUT2D eigenvalue weighted by atomic mass is 10.2. The molecule has 2 aromatic rings. The van der Waals surface area contributed by atoms with Crippen LogP contribution >= 0.6 is 24.0 Å². The minimum Gasteiger partial charge on any atom is -0.493 e. The summed E-state index contributed by atoms with van der Waals surface area (Å²) in [7, 11) is -3.97. The van der Waals surface area contributed by atoms with Crippen LogP contribution in [0.15, 0.2) is 58.3 Å². The number of ether oxygens (including phenoxy) is 1. The van der Waals surface area contributed by atoms with E-state index in [1.54, 1.807) is 42.5 Å². The molecule has 0 aliphatic carbocycles.